The molecule has 1 fully saturated rings. The van der Waals surface area contributed by atoms with Crippen molar-refractivity contribution in [2.24, 2.45) is 0 Å². The topological polar surface area (TPSA) is 29.9 Å². The largest absolute Gasteiger partial charge is 0.314 e. The lowest BCUT2D eigenvalue weighted by Gasteiger charge is -2.30. The molecule has 108 valence electrons. The van der Waals surface area contributed by atoms with E-state index < -0.39 is 0 Å². The molecular formula is C15H26BrN3. The van der Waals surface area contributed by atoms with Gasteiger partial charge in [-0.1, -0.05) is 20.3 Å². The zero-order chi connectivity index (χ0) is 13.7. The molecule has 0 aliphatic heterocycles. The summed E-state index contributed by atoms with van der Waals surface area (Å²) in [6.07, 6.45) is 9.55. The molecule has 1 N–H and O–H groups in total. The van der Waals surface area contributed by atoms with Crippen molar-refractivity contribution in [1.82, 2.24) is 15.1 Å². The maximum atomic E-state index is 4.52. The van der Waals surface area contributed by atoms with E-state index in [0.29, 0.717) is 12.0 Å². The Morgan fingerprint density at radius 3 is 2.95 bits per heavy atom. The summed E-state index contributed by atoms with van der Waals surface area (Å²) in [6, 6.07) is 0.690. The number of aryl methyl sites for hydroxylation is 1. The zero-order valence-electron chi connectivity index (χ0n) is 12.2. The highest BCUT2D eigenvalue weighted by molar-refractivity contribution is 9.10. The predicted molar refractivity (Wildman–Crippen MR) is 83.5 cm³/mol. The molecule has 0 aromatic carbocycles. The van der Waals surface area contributed by atoms with Crippen molar-refractivity contribution in [2.45, 2.75) is 70.9 Å². The van der Waals surface area contributed by atoms with Crippen LogP contribution in [0.1, 0.15) is 64.0 Å². The molecule has 3 nitrogen and oxygen atoms in total. The van der Waals surface area contributed by atoms with Crippen LogP contribution >= 0.6 is 15.9 Å². The number of nitrogens with one attached hydrogen (secondary N) is 1. The van der Waals surface area contributed by atoms with Gasteiger partial charge in [0, 0.05) is 18.5 Å². The second-order valence-corrected chi connectivity index (χ2v) is 6.47. The third kappa shape index (κ3) is 3.82. The number of rotatable bonds is 6. The number of nitrogens with zero attached hydrogens (tertiary/aromatic N) is 2. The highest BCUT2D eigenvalue weighted by atomic mass is 79.9. The maximum absolute atomic E-state index is 4.52. The van der Waals surface area contributed by atoms with E-state index >= 15 is 0 Å². The summed E-state index contributed by atoms with van der Waals surface area (Å²) in [6.45, 7) is 6.63. The summed E-state index contributed by atoms with van der Waals surface area (Å²) in [5.74, 6) is 0.659. The molecule has 4 heteroatoms. The van der Waals surface area contributed by atoms with Crippen LogP contribution in [-0.4, -0.2) is 22.4 Å². The minimum Gasteiger partial charge on any atom is -0.314 e. The molecule has 0 saturated heterocycles. The van der Waals surface area contributed by atoms with Crippen LogP contribution in [0.2, 0.25) is 0 Å². The first-order valence-electron chi connectivity index (χ1n) is 7.70. The third-order valence-electron chi connectivity index (χ3n) is 4.01. The molecule has 2 unspecified atom stereocenters. The van der Waals surface area contributed by atoms with E-state index in [-0.39, 0.29) is 0 Å². The van der Waals surface area contributed by atoms with E-state index in [2.05, 4.69) is 44.9 Å². The summed E-state index contributed by atoms with van der Waals surface area (Å²) >= 11 is 3.69. The van der Waals surface area contributed by atoms with E-state index in [1.807, 2.05) is 6.20 Å². The molecule has 1 aromatic heterocycles. The molecule has 2 atom stereocenters. The number of hydrogen-bond donors (Lipinski definition) is 1. The standard InChI is InChI=1S/C15H26BrN3/c1-3-8-17-13-7-5-6-12(10-13)15-14(16)11-18-19(15)9-4-2/h11-13,17H,3-10H2,1-2H3. The summed E-state index contributed by atoms with van der Waals surface area (Å²) < 4.78 is 3.40. The van der Waals surface area contributed by atoms with Gasteiger partial charge in [0.2, 0.25) is 0 Å². The van der Waals surface area contributed by atoms with E-state index in [0.717, 1.165) is 19.5 Å². The first-order valence-corrected chi connectivity index (χ1v) is 8.50. The minimum absolute atomic E-state index is 0.659. The van der Waals surface area contributed by atoms with Crippen LogP contribution in [0.15, 0.2) is 10.7 Å². The van der Waals surface area contributed by atoms with Gasteiger partial charge in [-0.2, -0.15) is 5.10 Å². The molecule has 19 heavy (non-hydrogen) atoms. The van der Waals surface area contributed by atoms with Gasteiger partial charge in [0.15, 0.2) is 0 Å². The maximum Gasteiger partial charge on any atom is 0.0635 e. The Labute approximate surface area is 125 Å². The van der Waals surface area contributed by atoms with Crippen molar-refractivity contribution in [3.63, 3.8) is 0 Å². The van der Waals surface area contributed by atoms with Gasteiger partial charge in [-0.25, -0.2) is 0 Å². The van der Waals surface area contributed by atoms with Crippen molar-refractivity contribution in [3.8, 4) is 0 Å². The van der Waals surface area contributed by atoms with Gasteiger partial charge in [0.25, 0.3) is 0 Å². The smallest absolute Gasteiger partial charge is 0.0635 e. The van der Waals surface area contributed by atoms with Crippen LogP contribution in [0.25, 0.3) is 0 Å². The summed E-state index contributed by atoms with van der Waals surface area (Å²) in [5, 5.41) is 8.21. The average Bonchev–Trinajstić information content (AvgIpc) is 2.78. The molecule has 1 aromatic rings. The monoisotopic (exact) mass is 327 g/mol. The lowest BCUT2D eigenvalue weighted by Crippen LogP contribution is -2.34. The molecule has 1 saturated carbocycles. The van der Waals surface area contributed by atoms with Crippen LogP contribution in [0.5, 0.6) is 0 Å². The van der Waals surface area contributed by atoms with Crippen molar-refractivity contribution >= 4 is 15.9 Å². The number of hydrogen-bond acceptors (Lipinski definition) is 2. The molecule has 1 aliphatic rings. The van der Waals surface area contributed by atoms with Crippen molar-refractivity contribution < 1.29 is 0 Å². The average molecular weight is 328 g/mol. The molecule has 0 radical (unpaired) electrons. The highest BCUT2D eigenvalue weighted by Gasteiger charge is 2.26. The van der Waals surface area contributed by atoms with Gasteiger partial charge in [0.1, 0.15) is 0 Å². The number of aromatic nitrogens is 2. The highest BCUT2D eigenvalue weighted by Crippen LogP contribution is 2.36. The Balaban J connectivity index is 2.06. The molecule has 2 rings (SSSR count). The van der Waals surface area contributed by atoms with Crippen LogP contribution in [-0.2, 0) is 6.54 Å². The Kier molecular flexibility index (Phi) is 5.89. The Hall–Kier alpha value is -0.350. The normalized spacial score (nSPS) is 23.7. The van der Waals surface area contributed by atoms with Crippen LogP contribution < -0.4 is 5.32 Å². The second-order valence-electron chi connectivity index (χ2n) is 5.62. The lowest BCUT2D eigenvalue weighted by molar-refractivity contribution is 0.327. The molecule has 1 heterocycles. The van der Waals surface area contributed by atoms with Crippen molar-refractivity contribution in [2.75, 3.05) is 6.54 Å². The summed E-state index contributed by atoms with van der Waals surface area (Å²) in [5.41, 5.74) is 1.42. The fourth-order valence-electron chi connectivity index (χ4n) is 3.14. The fraction of sp³-hybridized carbons (Fsp3) is 0.800. The van der Waals surface area contributed by atoms with Gasteiger partial charge >= 0.3 is 0 Å². The van der Waals surface area contributed by atoms with Gasteiger partial charge in [0.05, 0.1) is 16.4 Å². The molecule has 0 spiro atoms. The zero-order valence-corrected chi connectivity index (χ0v) is 13.7. The first kappa shape index (κ1) is 15.0. The predicted octanol–water partition coefficient (Wildman–Crippen LogP) is 4.08. The summed E-state index contributed by atoms with van der Waals surface area (Å²) in [7, 11) is 0. The SMILES string of the molecule is CCCNC1CCCC(c2c(Br)cnn2CCC)C1. The van der Waals surface area contributed by atoms with E-state index in [1.54, 1.807) is 0 Å². The molecule has 0 amide bonds. The van der Waals surface area contributed by atoms with Gasteiger partial charge in [-0.05, 0) is 54.6 Å². The lowest BCUT2D eigenvalue weighted by atomic mass is 9.83. The van der Waals surface area contributed by atoms with Gasteiger partial charge in [-0.3, -0.25) is 4.68 Å². The van der Waals surface area contributed by atoms with Crippen LogP contribution in [0.3, 0.4) is 0 Å². The van der Waals surface area contributed by atoms with E-state index in [1.165, 1.54) is 42.3 Å². The molecular weight excluding hydrogens is 302 g/mol. The number of halogens is 1. The van der Waals surface area contributed by atoms with Crippen LogP contribution in [0.4, 0.5) is 0 Å². The van der Waals surface area contributed by atoms with Gasteiger partial charge in [-0.15, -0.1) is 0 Å². The van der Waals surface area contributed by atoms with Crippen LogP contribution in [0, 0.1) is 0 Å². The van der Waals surface area contributed by atoms with E-state index in [9.17, 15) is 0 Å². The Morgan fingerprint density at radius 2 is 2.21 bits per heavy atom. The Morgan fingerprint density at radius 1 is 1.37 bits per heavy atom. The van der Waals surface area contributed by atoms with Crippen molar-refractivity contribution in [3.05, 3.63) is 16.4 Å². The Bertz CT molecular complexity index is 389. The van der Waals surface area contributed by atoms with Crippen molar-refractivity contribution in [1.29, 1.82) is 0 Å². The minimum atomic E-state index is 0.659. The van der Waals surface area contributed by atoms with E-state index in [4.69, 9.17) is 0 Å². The second kappa shape index (κ2) is 7.44. The first-order chi connectivity index (χ1) is 9.26. The summed E-state index contributed by atoms with van der Waals surface area (Å²) in [4.78, 5) is 0. The fourth-order valence-corrected chi connectivity index (χ4v) is 3.76. The molecule has 1 aliphatic carbocycles. The quantitative estimate of drug-likeness (QED) is 0.853. The third-order valence-corrected chi connectivity index (χ3v) is 4.62. The molecule has 0 bridgehead atoms. The van der Waals surface area contributed by atoms with Gasteiger partial charge < -0.3 is 5.32 Å².